The van der Waals surface area contributed by atoms with E-state index in [-0.39, 0.29) is 27.2 Å². The zero-order chi connectivity index (χ0) is 43.4. The number of para-hydroxylation sites is 1. The zero-order valence-electron chi connectivity index (χ0n) is 38.7. The maximum absolute atomic E-state index is 2.65. The van der Waals surface area contributed by atoms with Gasteiger partial charge in [-0.1, -0.05) is 203 Å². The molecule has 312 valence electrons. The van der Waals surface area contributed by atoms with Crippen molar-refractivity contribution in [3.63, 3.8) is 0 Å². The molecular formula is C61H63N. The molecule has 3 aliphatic rings. The van der Waals surface area contributed by atoms with Crippen LogP contribution in [-0.2, 0) is 27.2 Å². The fourth-order valence-electron chi connectivity index (χ4n) is 12.4. The molecule has 0 amide bonds. The molecule has 0 saturated carbocycles. The Morgan fingerprint density at radius 3 is 1.26 bits per heavy atom. The summed E-state index contributed by atoms with van der Waals surface area (Å²) in [6.07, 6.45) is 4.28. The number of nitrogens with zero attached hydrogens (tertiary/aromatic N) is 1. The van der Waals surface area contributed by atoms with Crippen LogP contribution >= 0.6 is 0 Å². The van der Waals surface area contributed by atoms with E-state index >= 15 is 0 Å². The third kappa shape index (κ3) is 5.72. The van der Waals surface area contributed by atoms with Crippen LogP contribution in [0.25, 0.3) is 33.4 Å². The molecule has 0 bridgehead atoms. The number of hydrogen-bond donors (Lipinski definition) is 0. The Hall–Kier alpha value is -5.66. The van der Waals surface area contributed by atoms with E-state index in [0.717, 1.165) is 25.7 Å². The molecule has 7 aromatic rings. The average Bonchev–Trinajstić information content (AvgIpc) is 3.76. The fourth-order valence-corrected chi connectivity index (χ4v) is 12.4. The highest BCUT2D eigenvalue weighted by Gasteiger charge is 2.43. The molecule has 2 unspecified atom stereocenters. The van der Waals surface area contributed by atoms with Crippen LogP contribution in [0.15, 0.2) is 152 Å². The molecule has 1 nitrogen and oxygen atoms in total. The molecule has 0 spiro atoms. The summed E-state index contributed by atoms with van der Waals surface area (Å²) in [4.78, 5) is 2.65. The molecule has 1 heteroatoms. The second kappa shape index (κ2) is 14.2. The smallest absolute Gasteiger partial charge is 0.0674 e. The first-order valence-corrected chi connectivity index (χ1v) is 23.3. The summed E-state index contributed by atoms with van der Waals surface area (Å²) in [6, 6.07) is 58.7. The lowest BCUT2D eigenvalue weighted by molar-refractivity contribution is 0.435. The summed E-state index contributed by atoms with van der Waals surface area (Å²) in [5.41, 5.74) is 22.8. The van der Waals surface area contributed by atoms with Gasteiger partial charge in [0, 0.05) is 33.0 Å². The van der Waals surface area contributed by atoms with Crippen molar-refractivity contribution in [3.05, 3.63) is 202 Å². The quantitative estimate of drug-likeness (QED) is 0.133. The Morgan fingerprint density at radius 2 is 0.758 bits per heavy atom. The van der Waals surface area contributed by atoms with Crippen molar-refractivity contribution in [2.75, 3.05) is 4.90 Å². The van der Waals surface area contributed by atoms with Crippen LogP contribution in [0.3, 0.4) is 0 Å². The van der Waals surface area contributed by atoms with Gasteiger partial charge in [0.05, 0.1) is 5.54 Å². The second-order valence-electron chi connectivity index (χ2n) is 20.8. The number of rotatable bonds is 10. The van der Waals surface area contributed by atoms with Crippen LogP contribution in [0.4, 0.5) is 11.4 Å². The van der Waals surface area contributed by atoms with Gasteiger partial charge in [0.2, 0.25) is 0 Å². The van der Waals surface area contributed by atoms with Crippen molar-refractivity contribution < 1.29 is 0 Å². The van der Waals surface area contributed by atoms with Gasteiger partial charge in [-0.3, -0.25) is 0 Å². The van der Waals surface area contributed by atoms with Gasteiger partial charge in [-0.05, 0) is 127 Å². The number of benzene rings is 7. The highest BCUT2D eigenvalue weighted by atomic mass is 15.2. The Bertz CT molecular complexity index is 2890. The summed E-state index contributed by atoms with van der Waals surface area (Å²) in [7, 11) is 0. The maximum Gasteiger partial charge on any atom is 0.0674 e. The zero-order valence-corrected chi connectivity index (χ0v) is 38.7. The van der Waals surface area contributed by atoms with Gasteiger partial charge < -0.3 is 4.90 Å². The normalized spacial score (nSPS) is 17.5. The maximum atomic E-state index is 2.65. The summed E-state index contributed by atoms with van der Waals surface area (Å²) < 4.78 is 0. The first-order chi connectivity index (χ1) is 29.7. The van der Waals surface area contributed by atoms with Crippen LogP contribution in [-0.4, -0.2) is 0 Å². The molecular weight excluding hydrogens is 747 g/mol. The molecule has 0 fully saturated rings. The molecule has 10 rings (SSSR count). The van der Waals surface area contributed by atoms with Gasteiger partial charge in [0.15, 0.2) is 0 Å². The van der Waals surface area contributed by atoms with Gasteiger partial charge in [-0.15, -0.1) is 0 Å². The lowest BCUT2D eigenvalue weighted by atomic mass is 9.70. The van der Waals surface area contributed by atoms with Crippen molar-refractivity contribution in [2.24, 2.45) is 0 Å². The Kier molecular flexibility index (Phi) is 9.24. The van der Waals surface area contributed by atoms with Crippen LogP contribution in [0, 0.1) is 0 Å². The molecule has 0 N–H and O–H groups in total. The van der Waals surface area contributed by atoms with Gasteiger partial charge in [0.25, 0.3) is 0 Å². The van der Waals surface area contributed by atoms with Crippen molar-refractivity contribution in [3.8, 4) is 33.4 Å². The fraction of sp³-hybridized carbons (Fsp3) is 0.311. The lowest BCUT2D eigenvalue weighted by Crippen LogP contribution is -2.41. The summed E-state index contributed by atoms with van der Waals surface area (Å²) in [5.74, 6) is 0. The van der Waals surface area contributed by atoms with E-state index in [0.29, 0.717) is 0 Å². The average molecular weight is 810 g/mol. The number of fused-ring (bicyclic) bond motifs is 9. The largest absolute Gasteiger partial charge is 0.331 e. The first-order valence-electron chi connectivity index (χ1n) is 23.3. The topological polar surface area (TPSA) is 3.24 Å². The minimum atomic E-state index is -0.314. The summed E-state index contributed by atoms with van der Waals surface area (Å²) in [6.45, 7) is 24.2. The SMILES string of the molecule is CCCC(C)(c1ccc2c(c1)C(C)(C)c1ccccc1-2)c1ccc2c(c1)C(C)(C)c1cc(C(C)(CCC)N(c3ccccc3)c3ccc4c(c3)C(C)(C)c3ccccc3-4)ccc1-2. The van der Waals surface area contributed by atoms with Crippen molar-refractivity contribution >= 4 is 11.4 Å². The first kappa shape index (κ1) is 40.4. The second-order valence-corrected chi connectivity index (χ2v) is 20.8. The van der Waals surface area contributed by atoms with E-state index in [2.05, 4.69) is 226 Å². The van der Waals surface area contributed by atoms with E-state index < -0.39 is 0 Å². The predicted molar refractivity (Wildman–Crippen MR) is 264 cm³/mol. The molecule has 3 aliphatic carbocycles. The van der Waals surface area contributed by atoms with E-state index in [1.807, 2.05) is 0 Å². The van der Waals surface area contributed by atoms with Gasteiger partial charge >= 0.3 is 0 Å². The third-order valence-corrected chi connectivity index (χ3v) is 16.0. The van der Waals surface area contributed by atoms with Crippen molar-refractivity contribution in [1.82, 2.24) is 0 Å². The van der Waals surface area contributed by atoms with Crippen LogP contribution in [0.1, 0.15) is 145 Å². The van der Waals surface area contributed by atoms with Gasteiger partial charge in [0.1, 0.15) is 0 Å². The minimum absolute atomic E-state index is 0.0281. The molecule has 2 atom stereocenters. The van der Waals surface area contributed by atoms with Crippen molar-refractivity contribution in [1.29, 1.82) is 0 Å². The van der Waals surface area contributed by atoms with E-state index in [9.17, 15) is 0 Å². The summed E-state index contributed by atoms with van der Waals surface area (Å²) in [5, 5.41) is 0. The molecule has 7 aromatic carbocycles. The third-order valence-electron chi connectivity index (χ3n) is 16.0. The van der Waals surface area contributed by atoms with Crippen LogP contribution < -0.4 is 4.90 Å². The van der Waals surface area contributed by atoms with Crippen molar-refractivity contribution in [2.45, 2.75) is 122 Å². The molecule has 0 aliphatic heterocycles. The van der Waals surface area contributed by atoms with E-state index in [4.69, 9.17) is 0 Å². The van der Waals surface area contributed by atoms with Crippen LogP contribution in [0.5, 0.6) is 0 Å². The summed E-state index contributed by atoms with van der Waals surface area (Å²) >= 11 is 0. The minimum Gasteiger partial charge on any atom is -0.331 e. The van der Waals surface area contributed by atoms with Gasteiger partial charge in [-0.25, -0.2) is 0 Å². The van der Waals surface area contributed by atoms with E-state index in [1.165, 1.54) is 94.8 Å². The Morgan fingerprint density at radius 1 is 0.371 bits per heavy atom. The van der Waals surface area contributed by atoms with Gasteiger partial charge in [-0.2, -0.15) is 0 Å². The lowest BCUT2D eigenvalue weighted by Gasteiger charge is -2.44. The monoisotopic (exact) mass is 809 g/mol. The number of anilines is 2. The standard InChI is InChI=1S/C61H63N/c1-11-34-60(9,40-26-30-47-45-22-16-18-24-51(45)57(3,4)53(47)36-40)41-27-31-48-49-32-28-42(38-55(49)59(7,8)54(48)37-41)61(10,35-12-2)62(43-20-14-13-15-21-43)44-29-33-50-46-23-17-19-25-52(46)58(5,6)56(50)39-44/h13-33,36-39H,11-12,34-35H2,1-10H3. The molecule has 0 aromatic heterocycles. The molecule has 0 saturated heterocycles. The van der Waals surface area contributed by atoms with Crippen LogP contribution in [0.2, 0.25) is 0 Å². The highest BCUT2D eigenvalue weighted by Crippen LogP contribution is 2.56. The Balaban J connectivity index is 1.06. The molecule has 0 radical (unpaired) electrons. The number of hydrogen-bond acceptors (Lipinski definition) is 1. The van der Waals surface area contributed by atoms with E-state index in [1.54, 1.807) is 0 Å². The predicted octanol–water partition coefficient (Wildman–Crippen LogP) is 16.6. The highest BCUT2D eigenvalue weighted by molar-refractivity contribution is 5.85. The Labute approximate surface area is 371 Å². The molecule has 0 heterocycles. The molecule has 62 heavy (non-hydrogen) atoms.